The molecule has 0 N–H and O–H groups in total. The zero-order valence-corrected chi connectivity index (χ0v) is 17.2. The number of fused-ring (bicyclic) bond motifs is 1. The molecule has 1 fully saturated rings. The van der Waals surface area contributed by atoms with E-state index in [0.29, 0.717) is 11.8 Å². The molecule has 144 valence electrons. The summed E-state index contributed by atoms with van der Waals surface area (Å²) < 4.78 is 0. The molecule has 0 bridgehead atoms. The maximum absolute atomic E-state index is 13.5. The van der Waals surface area contributed by atoms with Crippen molar-refractivity contribution in [3.05, 3.63) is 65.2 Å². The molecule has 3 nitrogen and oxygen atoms in total. The Bertz CT molecular complexity index is 1030. The molecule has 2 aromatic carbocycles. The number of piperidine rings is 1. The quantitative estimate of drug-likeness (QED) is 0.583. The van der Waals surface area contributed by atoms with Crippen molar-refractivity contribution in [2.24, 2.45) is 11.8 Å². The molecule has 3 aromatic rings. The SMILES string of the molecule is Cc1ccc(-c2cc(C(=O)N3C[C@H](C)C[C@@H](C)C3)c3ccccc3n2)cc1C. The van der Waals surface area contributed by atoms with E-state index in [9.17, 15) is 4.79 Å². The molecule has 4 rings (SSSR count). The minimum Gasteiger partial charge on any atom is -0.338 e. The average molecular weight is 373 g/mol. The first-order valence-corrected chi connectivity index (χ1v) is 10.2. The molecule has 2 heterocycles. The summed E-state index contributed by atoms with van der Waals surface area (Å²) in [4.78, 5) is 20.4. The monoisotopic (exact) mass is 372 g/mol. The Morgan fingerprint density at radius 2 is 1.68 bits per heavy atom. The van der Waals surface area contributed by atoms with Gasteiger partial charge < -0.3 is 4.90 Å². The molecule has 0 radical (unpaired) electrons. The van der Waals surface area contributed by atoms with Crippen molar-refractivity contribution in [3.8, 4) is 11.3 Å². The summed E-state index contributed by atoms with van der Waals surface area (Å²) in [6.45, 7) is 10.4. The van der Waals surface area contributed by atoms with E-state index in [0.717, 1.165) is 40.8 Å². The number of benzene rings is 2. The number of rotatable bonds is 2. The lowest BCUT2D eigenvalue weighted by Crippen LogP contribution is -2.42. The van der Waals surface area contributed by atoms with E-state index in [1.165, 1.54) is 17.5 Å². The van der Waals surface area contributed by atoms with Gasteiger partial charge in [0.2, 0.25) is 0 Å². The third-order valence-corrected chi connectivity index (χ3v) is 5.91. The lowest BCUT2D eigenvalue weighted by molar-refractivity contribution is 0.0625. The fourth-order valence-corrected chi connectivity index (χ4v) is 4.40. The predicted octanol–water partition coefficient (Wildman–Crippen LogP) is 5.64. The van der Waals surface area contributed by atoms with Crippen LogP contribution in [0.25, 0.3) is 22.2 Å². The van der Waals surface area contributed by atoms with Crippen molar-refractivity contribution in [2.75, 3.05) is 13.1 Å². The molecule has 2 atom stereocenters. The standard InChI is InChI=1S/C25H28N2O/c1-16-11-17(2)15-27(14-16)25(28)22-13-24(20-10-9-18(3)19(4)12-20)26-23-8-6-5-7-21(22)23/h5-10,12-13,16-17H,11,14-15H2,1-4H3/t16-,17-/m1/s1. The van der Waals surface area contributed by atoms with E-state index in [-0.39, 0.29) is 5.91 Å². The van der Waals surface area contributed by atoms with Gasteiger partial charge in [-0.1, -0.05) is 44.2 Å². The minimum atomic E-state index is 0.127. The van der Waals surface area contributed by atoms with Crippen LogP contribution in [-0.2, 0) is 0 Å². The Morgan fingerprint density at radius 1 is 0.964 bits per heavy atom. The smallest absolute Gasteiger partial charge is 0.254 e. The second kappa shape index (κ2) is 7.38. The summed E-state index contributed by atoms with van der Waals surface area (Å²) in [6.07, 6.45) is 1.19. The van der Waals surface area contributed by atoms with E-state index in [4.69, 9.17) is 4.98 Å². The number of nitrogens with zero attached hydrogens (tertiary/aromatic N) is 2. The summed E-state index contributed by atoms with van der Waals surface area (Å²) in [7, 11) is 0. The number of hydrogen-bond acceptors (Lipinski definition) is 2. The topological polar surface area (TPSA) is 33.2 Å². The Morgan fingerprint density at radius 3 is 2.39 bits per heavy atom. The predicted molar refractivity (Wildman–Crippen MR) is 116 cm³/mol. The van der Waals surface area contributed by atoms with E-state index >= 15 is 0 Å². The van der Waals surface area contributed by atoms with Gasteiger partial charge >= 0.3 is 0 Å². The summed E-state index contributed by atoms with van der Waals surface area (Å²) in [5.41, 5.74) is 6.06. The van der Waals surface area contributed by atoms with Gasteiger partial charge in [0.25, 0.3) is 5.91 Å². The van der Waals surface area contributed by atoms with Crippen molar-refractivity contribution < 1.29 is 4.79 Å². The van der Waals surface area contributed by atoms with Gasteiger partial charge in [-0.3, -0.25) is 4.79 Å². The van der Waals surface area contributed by atoms with E-state index in [1.54, 1.807) is 0 Å². The van der Waals surface area contributed by atoms with Gasteiger partial charge in [0.1, 0.15) is 0 Å². The van der Waals surface area contributed by atoms with Gasteiger partial charge in [-0.15, -0.1) is 0 Å². The van der Waals surface area contributed by atoms with Crippen LogP contribution in [-0.4, -0.2) is 28.9 Å². The number of carbonyl (C=O) groups excluding carboxylic acids is 1. The lowest BCUT2D eigenvalue weighted by Gasteiger charge is -2.35. The van der Waals surface area contributed by atoms with Crippen LogP contribution in [0.1, 0.15) is 41.8 Å². The lowest BCUT2D eigenvalue weighted by atomic mass is 9.91. The number of para-hydroxylation sites is 1. The molecule has 0 spiro atoms. The third kappa shape index (κ3) is 3.54. The number of aryl methyl sites for hydroxylation is 2. The second-order valence-electron chi connectivity index (χ2n) is 8.53. The molecule has 1 aliphatic heterocycles. The van der Waals surface area contributed by atoms with Gasteiger partial charge in [-0.2, -0.15) is 0 Å². The van der Waals surface area contributed by atoms with Crippen LogP contribution in [0.4, 0.5) is 0 Å². The average Bonchev–Trinajstić information content (AvgIpc) is 2.68. The van der Waals surface area contributed by atoms with E-state index in [2.05, 4.69) is 45.9 Å². The first kappa shape index (κ1) is 18.7. The van der Waals surface area contributed by atoms with E-state index in [1.807, 2.05) is 35.2 Å². The number of likely N-dealkylation sites (tertiary alicyclic amines) is 1. The van der Waals surface area contributed by atoms with E-state index < -0.39 is 0 Å². The first-order chi connectivity index (χ1) is 13.4. The Balaban J connectivity index is 1.82. The Hall–Kier alpha value is -2.68. The number of carbonyl (C=O) groups is 1. The van der Waals surface area contributed by atoms with Gasteiger partial charge in [-0.05, 0) is 61.4 Å². The highest BCUT2D eigenvalue weighted by molar-refractivity contribution is 6.07. The van der Waals surface area contributed by atoms with Gasteiger partial charge in [-0.25, -0.2) is 4.98 Å². The van der Waals surface area contributed by atoms with Crippen LogP contribution in [0.15, 0.2) is 48.5 Å². The highest BCUT2D eigenvalue weighted by Gasteiger charge is 2.27. The minimum absolute atomic E-state index is 0.127. The zero-order valence-electron chi connectivity index (χ0n) is 17.2. The fraction of sp³-hybridized carbons (Fsp3) is 0.360. The normalized spacial score (nSPS) is 19.8. The molecular formula is C25H28N2O. The van der Waals surface area contributed by atoms with Crippen molar-refractivity contribution in [1.82, 2.24) is 9.88 Å². The van der Waals surface area contributed by atoms with Crippen LogP contribution in [0.5, 0.6) is 0 Å². The summed E-state index contributed by atoms with van der Waals surface area (Å²) in [6, 6.07) is 16.3. The second-order valence-corrected chi connectivity index (χ2v) is 8.53. The van der Waals surface area contributed by atoms with Crippen LogP contribution < -0.4 is 0 Å². The summed E-state index contributed by atoms with van der Waals surface area (Å²) in [5, 5.41) is 0.936. The molecule has 0 unspecified atom stereocenters. The van der Waals surface area contributed by atoms with Crippen molar-refractivity contribution in [1.29, 1.82) is 0 Å². The molecule has 1 saturated heterocycles. The maximum atomic E-state index is 13.5. The molecule has 1 aromatic heterocycles. The Kier molecular flexibility index (Phi) is 4.92. The number of aromatic nitrogens is 1. The molecule has 1 amide bonds. The van der Waals surface area contributed by atoms with Crippen molar-refractivity contribution in [3.63, 3.8) is 0 Å². The molecule has 1 aliphatic rings. The zero-order chi connectivity index (χ0) is 19.8. The largest absolute Gasteiger partial charge is 0.338 e. The summed E-state index contributed by atoms with van der Waals surface area (Å²) >= 11 is 0. The number of pyridine rings is 1. The maximum Gasteiger partial charge on any atom is 0.254 e. The number of hydrogen-bond donors (Lipinski definition) is 0. The highest BCUT2D eigenvalue weighted by Crippen LogP contribution is 2.29. The van der Waals surface area contributed by atoms with Crippen molar-refractivity contribution in [2.45, 2.75) is 34.1 Å². The van der Waals surface area contributed by atoms with Crippen LogP contribution >= 0.6 is 0 Å². The van der Waals surface area contributed by atoms with Crippen molar-refractivity contribution >= 4 is 16.8 Å². The van der Waals surface area contributed by atoms with Crippen LogP contribution in [0, 0.1) is 25.7 Å². The summed E-state index contributed by atoms with van der Waals surface area (Å²) in [5.74, 6) is 1.21. The number of amides is 1. The van der Waals surface area contributed by atoms with Gasteiger partial charge in [0.05, 0.1) is 16.8 Å². The molecule has 3 heteroatoms. The molecule has 28 heavy (non-hydrogen) atoms. The van der Waals surface area contributed by atoms with Gasteiger partial charge in [0.15, 0.2) is 0 Å². The highest BCUT2D eigenvalue weighted by atomic mass is 16.2. The Labute approximate surface area is 167 Å². The first-order valence-electron chi connectivity index (χ1n) is 10.2. The third-order valence-electron chi connectivity index (χ3n) is 5.91. The van der Waals surface area contributed by atoms with Gasteiger partial charge in [0, 0.05) is 24.0 Å². The molecule has 0 aliphatic carbocycles. The molecular weight excluding hydrogens is 344 g/mol. The van der Waals surface area contributed by atoms with Crippen LogP contribution in [0.3, 0.4) is 0 Å². The fourth-order valence-electron chi connectivity index (χ4n) is 4.40. The molecule has 0 saturated carbocycles. The van der Waals surface area contributed by atoms with Crippen LogP contribution in [0.2, 0.25) is 0 Å².